The van der Waals surface area contributed by atoms with Crippen LogP contribution in [0.1, 0.15) is 20.3 Å². The predicted octanol–water partition coefficient (Wildman–Crippen LogP) is 0.689. The van der Waals surface area contributed by atoms with Crippen molar-refractivity contribution in [1.29, 1.82) is 0 Å². The van der Waals surface area contributed by atoms with Crippen molar-refractivity contribution in [3.63, 3.8) is 0 Å². The van der Waals surface area contributed by atoms with Gasteiger partial charge in [-0.2, -0.15) is 0 Å². The fourth-order valence-electron chi connectivity index (χ4n) is 2.40. The van der Waals surface area contributed by atoms with E-state index in [0.717, 1.165) is 6.54 Å². The van der Waals surface area contributed by atoms with E-state index in [9.17, 15) is 0 Å². The molecule has 3 unspecified atom stereocenters. The summed E-state index contributed by atoms with van der Waals surface area (Å²) in [7, 11) is 3.89. The maximum atomic E-state index is 6.18. The largest absolute Gasteiger partial charge is 0.380 e. The van der Waals surface area contributed by atoms with Gasteiger partial charge in [0.2, 0.25) is 0 Å². The molecule has 1 aliphatic heterocycles. The zero-order valence-electron chi connectivity index (χ0n) is 9.16. The molecule has 0 aromatic heterocycles. The lowest BCUT2D eigenvalue weighted by molar-refractivity contribution is 0.0475. The van der Waals surface area contributed by atoms with Crippen LogP contribution < -0.4 is 5.73 Å². The molecule has 2 N–H and O–H groups in total. The Hall–Kier alpha value is -0.120. The molecule has 0 amide bonds. The van der Waals surface area contributed by atoms with Crippen LogP contribution in [0.2, 0.25) is 0 Å². The number of likely N-dealkylation sites (tertiary alicyclic amines) is 1. The van der Waals surface area contributed by atoms with Crippen LogP contribution in [0.3, 0.4) is 0 Å². The maximum Gasteiger partial charge on any atom is 0.0713 e. The second-order valence-corrected chi connectivity index (χ2v) is 4.12. The van der Waals surface area contributed by atoms with Crippen molar-refractivity contribution in [2.45, 2.75) is 38.5 Å². The van der Waals surface area contributed by atoms with Gasteiger partial charge in [-0.25, -0.2) is 0 Å². The fraction of sp³-hybridized carbons (Fsp3) is 1.00. The summed E-state index contributed by atoms with van der Waals surface area (Å²) >= 11 is 0. The number of methoxy groups -OCH3 is 1. The summed E-state index contributed by atoms with van der Waals surface area (Å²) in [6.45, 7) is 5.41. The van der Waals surface area contributed by atoms with Crippen molar-refractivity contribution in [3.8, 4) is 0 Å². The number of hydrogen-bond donors (Lipinski definition) is 1. The molecule has 1 aliphatic rings. The Morgan fingerprint density at radius 2 is 2.23 bits per heavy atom. The van der Waals surface area contributed by atoms with Crippen molar-refractivity contribution in [2.75, 3.05) is 20.7 Å². The number of ether oxygens (including phenoxy) is 1. The molecule has 0 saturated carbocycles. The molecular formula is C10H22N2O. The van der Waals surface area contributed by atoms with E-state index in [1.807, 2.05) is 0 Å². The van der Waals surface area contributed by atoms with Crippen molar-refractivity contribution in [3.05, 3.63) is 0 Å². The molecule has 1 rings (SSSR count). The Kier molecular flexibility index (Phi) is 3.71. The zero-order valence-corrected chi connectivity index (χ0v) is 9.16. The third kappa shape index (κ3) is 2.03. The number of likely N-dealkylation sites (N-methyl/N-ethyl adjacent to an activating group) is 1. The van der Waals surface area contributed by atoms with Crippen molar-refractivity contribution in [1.82, 2.24) is 4.90 Å². The van der Waals surface area contributed by atoms with Gasteiger partial charge in [0.15, 0.2) is 0 Å². The van der Waals surface area contributed by atoms with Gasteiger partial charge in [0, 0.05) is 19.7 Å². The van der Waals surface area contributed by atoms with Gasteiger partial charge < -0.3 is 10.5 Å². The lowest BCUT2D eigenvalue weighted by Gasteiger charge is -2.28. The summed E-state index contributed by atoms with van der Waals surface area (Å²) in [6.07, 6.45) is 1.40. The number of hydrogen-bond acceptors (Lipinski definition) is 3. The van der Waals surface area contributed by atoms with Crippen molar-refractivity contribution >= 4 is 0 Å². The molecule has 0 radical (unpaired) electrons. The molecule has 0 spiro atoms. The molecule has 0 aromatic rings. The monoisotopic (exact) mass is 186 g/mol. The first-order chi connectivity index (χ1) is 6.11. The summed E-state index contributed by atoms with van der Waals surface area (Å²) in [6, 6.07) is 0.653. The molecule has 1 saturated heterocycles. The molecular weight excluding hydrogens is 164 g/mol. The molecule has 0 aliphatic carbocycles. The summed E-state index contributed by atoms with van der Waals surface area (Å²) in [4.78, 5) is 2.33. The van der Waals surface area contributed by atoms with Crippen LogP contribution in [0, 0.1) is 5.92 Å². The van der Waals surface area contributed by atoms with Crippen LogP contribution in [0.5, 0.6) is 0 Å². The van der Waals surface area contributed by atoms with Gasteiger partial charge in [-0.15, -0.1) is 0 Å². The van der Waals surface area contributed by atoms with Crippen LogP contribution in [-0.2, 0) is 4.74 Å². The maximum absolute atomic E-state index is 6.18. The zero-order chi connectivity index (χ0) is 10.0. The summed E-state index contributed by atoms with van der Waals surface area (Å²) in [5, 5.41) is 0. The number of nitrogens with zero attached hydrogens (tertiary/aromatic N) is 1. The Morgan fingerprint density at radius 3 is 2.62 bits per heavy atom. The van der Waals surface area contributed by atoms with Gasteiger partial charge in [-0.05, 0) is 19.9 Å². The summed E-state index contributed by atoms with van der Waals surface area (Å²) in [5.74, 6) is 0.632. The second kappa shape index (κ2) is 4.40. The van der Waals surface area contributed by atoms with Gasteiger partial charge in [-0.3, -0.25) is 4.90 Å². The Balaban J connectivity index is 2.63. The molecule has 0 aromatic carbocycles. The first-order valence-electron chi connectivity index (χ1n) is 5.10. The predicted molar refractivity (Wildman–Crippen MR) is 54.6 cm³/mol. The third-order valence-electron chi connectivity index (χ3n) is 3.35. The minimum absolute atomic E-state index is 0.233. The normalized spacial score (nSPS) is 38.1. The first kappa shape index (κ1) is 11.0. The molecule has 1 fully saturated rings. The molecule has 0 bridgehead atoms. The first-order valence-corrected chi connectivity index (χ1v) is 5.10. The van der Waals surface area contributed by atoms with E-state index >= 15 is 0 Å². The number of nitrogens with two attached hydrogens (primary N) is 1. The highest BCUT2D eigenvalue weighted by Crippen LogP contribution is 2.26. The summed E-state index contributed by atoms with van der Waals surface area (Å²) in [5.41, 5.74) is 6.18. The minimum Gasteiger partial charge on any atom is -0.380 e. The molecule has 13 heavy (non-hydrogen) atoms. The van der Waals surface area contributed by atoms with Gasteiger partial charge >= 0.3 is 0 Å². The van der Waals surface area contributed by atoms with Gasteiger partial charge in [-0.1, -0.05) is 13.3 Å². The van der Waals surface area contributed by atoms with Crippen molar-refractivity contribution < 1.29 is 4.74 Å². The Morgan fingerprint density at radius 1 is 1.62 bits per heavy atom. The molecule has 4 atom stereocenters. The average molecular weight is 186 g/mol. The number of rotatable bonds is 3. The van der Waals surface area contributed by atoms with E-state index < -0.39 is 0 Å². The standard InChI is InChI=1S/C10H22N2O/c1-5-8-6-12(3)10(9(8)11)7(2)13-4/h7-10H,5-6,11H2,1-4H3/t7-,8?,9?,10?/m0/s1. The Labute approximate surface area is 81.2 Å². The third-order valence-corrected chi connectivity index (χ3v) is 3.35. The van der Waals surface area contributed by atoms with Crippen LogP contribution >= 0.6 is 0 Å². The van der Waals surface area contributed by atoms with E-state index in [2.05, 4.69) is 25.8 Å². The van der Waals surface area contributed by atoms with E-state index in [1.165, 1.54) is 6.42 Å². The van der Waals surface area contributed by atoms with Crippen LogP contribution in [0.15, 0.2) is 0 Å². The van der Waals surface area contributed by atoms with Gasteiger partial charge in [0.1, 0.15) is 0 Å². The lowest BCUT2D eigenvalue weighted by atomic mass is 9.95. The average Bonchev–Trinajstić information content (AvgIpc) is 2.40. The molecule has 78 valence electrons. The Bertz CT molecular complexity index is 163. The molecule has 3 heteroatoms. The van der Waals surface area contributed by atoms with Crippen LogP contribution in [-0.4, -0.2) is 43.8 Å². The topological polar surface area (TPSA) is 38.5 Å². The van der Waals surface area contributed by atoms with Crippen LogP contribution in [0.4, 0.5) is 0 Å². The highest BCUT2D eigenvalue weighted by molar-refractivity contribution is 4.96. The smallest absolute Gasteiger partial charge is 0.0713 e. The second-order valence-electron chi connectivity index (χ2n) is 4.12. The highest BCUT2D eigenvalue weighted by atomic mass is 16.5. The minimum atomic E-state index is 0.233. The van der Waals surface area contributed by atoms with Crippen LogP contribution in [0.25, 0.3) is 0 Å². The lowest BCUT2D eigenvalue weighted by Crippen LogP contribution is -2.47. The van der Waals surface area contributed by atoms with Crippen molar-refractivity contribution in [2.24, 2.45) is 11.7 Å². The highest BCUT2D eigenvalue weighted by Gasteiger charge is 2.39. The van der Waals surface area contributed by atoms with E-state index in [1.54, 1.807) is 7.11 Å². The molecule has 1 heterocycles. The molecule has 3 nitrogen and oxygen atoms in total. The van der Waals surface area contributed by atoms with E-state index in [-0.39, 0.29) is 12.1 Å². The van der Waals surface area contributed by atoms with Gasteiger partial charge in [0.05, 0.1) is 12.1 Å². The van der Waals surface area contributed by atoms with E-state index in [0.29, 0.717) is 12.0 Å². The summed E-state index contributed by atoms with van der Waals surface area (Å²) < 4.78 is 5.35. The quantitative estimate of drug-likeness (QED) is 0.705. The fourth-order valence-corrected chi connectivity index (χ4v) is 2.40. The van der Waals surface area contributed by atoms with Gasteiger partial charge in [0.25, 0.3) is 0 Å². The SMILES string of the molecule is CCC1CN(C)C([C@H](C)OC)C1N. The van der Waals surface area contributed by atoms with E-state index in [4.69, 9.17) is 10.5 Å².